The lowest BCUT2D eigenvalue weighted by Crippen LogP contribution is -1.95. The molecule has 0 N–H and O–H groups in total. The quantitative estimate of drug-likeness (QED) is 0.510. The topological polar surface area (TPSA) is 119 Å². The molecule has 0 saturated heterocycles. The van der Waals surface area contributed by atoms with E-state index in [0.717, 1.165) is 11.8 Å². The zero-order chi connectivity index (χ0) is 17.1. The van der Waals surface area contributed by atoms with Crippen LogP contribution >= 0.6 is 23.4 Å². The van der Waals surface area contributed by atoms with Crippen molar-refractivity contribution in [1.82, 2.24) is 15.2 Å². The summed E-state index contributed by atoms with van der Waals surface area (Å²) in [6, 6.07) is 11.3. The number of pyridine rings is 1. The van der Waals surface area contributed by atoms with Gasteiger partial charge in [0.2, 0.25) is 11.6 Å². The molecular weight excluding hydrogens is 354 g/mol. The Labute approximate surface area is 144 Å². The molecule has 2 aromatic heterocycles. The lowest BCUT2D eigenvalue weighted by atomic mass is 10.2. The molecule has 0 saturated carbocycles. The number of hydrogen-bond acceptors (Lipinski definition) is 8. The highest BCUT2D eigenvalue weighted by Gasteiger charge is 2.18. The van der Waals surface area contributed by atoms with Gasteiger partial charge in [-0.15, -0.1) is 10.2 Å². The van der Waals surface area contributed by atoms with Crippen LogP contribution in [0.1, 0.15) is 5.69 Å². The average molecular weight is 360 g/mol. The summed E-state index contributed by atoms with van der Waals surface area (Å²) in [7, 11) is 0. The van der Waals surface area contributed by atoms with E-state index in [2.05, 4.69) is 15.2 Å². The number of nitro groups is 1. The fourth-order valence-corrected chi connectivity index (χ4v) is 2.68. The predicted octanol–water partition coefficient (Wildman–Crippen LogP) is 3.72. The molecule has 1 aromatic carbocycles. The Balaban J connectivity index is 1.87. The Morgan fingerprint density at radius 3 is 2.75 bits per heavy atom. The first-order valence-electron chi connectivity index (χ1n) is 6.40. The van der Waals surface area contributed by atoms with Gasteiger partial charge in [-0.25, -0.2) is 4.98 Å². The lowest BCUT2D eigenvalue weighted by Gasteiger charge is -1.98. The molecule has 0 radical (unpaired) electrons. The van der Waals surface area contributed by atoms with Gasteiger partial charge in [-0.1, -0.05) is 23.7 Å². The van der Waals surface area contributed by atoms with Gasteiger partial charge in [-0.2, -0.15) is 5.26 Å². The maximum atomic E-state index is 10.8. The molecule has 0 amide bonds. The summed E-state index contributed by atoms with van der Waals surface area (Å²) in [5, 5.41) is 28.5. The second-order valence-electron chi connectivity index (χ2n) is 4.34. The number of rotatable bonds is 4. The second-order valence-corrected chi connectivity index (χ2v) is 5.72. The van der Waals surface area contributed by atoms with E-state index in [9.17, 15) is 10.1 Å². The standard InChI is InChI=1S/C14H6ClN5O3S/c15-9-4-2-1-3-8(9)13-18-19-14(23-13)24-12-6-5-11(20(21)22)10(7-16)17-12/h1-6H. The van der Waals surface area contributed by atoms with Gasteiger partial charge in [-0.3, -0.25) is 10.1 Å². The van der Waals surface area contributed by atoms with Crippen LogP contribution in [0.15, 0.2) is 51.1 Å². The summed E-state index contributed by atoms with van der Waals surface area (Å²) in [6.07, 6.45) is 0. The van der Waals surface area contributed by atoms with E-state index in [4.69, 9.17) is 21.3 Å². The van der Waals surface area contributed by atoms with E-state index in [1.165, 1.54) is 12.1 Å². The highest BCUT2D eigenvalue weighted by molar-refractivity contribution is 7.99. The van der Waals surface area contributed by atoms with E-state index in [1.807, 2.05) is 0 Å². The third-order valence-electron chi connectivity index (χ3n) is 2.85. The first kappa shape index (κ1) is 15.9. The summed E-state index contributed by atoms with van der Waals surface area (Å²) in [4.78, 5) is 14.0. The number of halogens is 1. The van der Waals surface area contributed by atoms with Crippen LogP contribution in [0.5, 0.6) is 0 Å². The normalized spacial score (nSPS) is 10.3. The van der Waals surface area contributed by atoms with Crippen LogP contribution in [0.3, 0.4) is 0 Å². The summed E-state index contributed by atoms with van der Waals surface area (Å²) >= 11 is 7.06. The molecule has 3 rings (SSSR count). The van der Waals surface area contributed by atoms with Crippen molar-refractivity contribution in [3.05, 3.63) is 57.2 Å². The smallest absolute Gasteiger partial charge is 0.305 e. The zero-order valence-corrected chi connectivity index (χ0v) is 13.3. The van der Waals surface area contributed by atoms with Crippen LogP contribution in [0, 0.1) is 21.4 Å². The fourth-order valence-electron chi connectivity index (χ4n) is 1.80. The number of nitrogens with zero attached hydrogens (tertiary/aromatic N) is 5. The molecule has 10 heteroatoms. The molecule has 118 valence electrons. The van der Waals surface area contributed by atoms with Crippen LogP contribution in [0.2, 0.25) is 5.02 Å². The number of aromatic nitrogens is 3. The highest BCUT2D eigenvalue weighted by atomic mass is 35.5. The summed E-state index contributed by atoms with van der Waals surface area (Å²) in [6.45, 7) is 0. The molecule has 8 nitrogen and oxygen atoms in total. The van der Waals surface area contributed by atoms with Crippen molar-refractivity contribution < 1.29 is 9.34 Å². The van der Waals surface area contributed by atoms with E-state index >= 15 is 0 Å². The van der Waals surface area contributed by atoms with Crippen molar-refractivity contribution in [2.75, 3.05) is 0 Å². The van der Waals surface area contributed by atoms with E-state index in [1.54, 1.807) is 30.3 Å². The molecule has 0 spiro atoms. The van der Waals surface area contributed by atoms with Gasteiger partial charge in [0.05, 0.1) is 15.5 Å². The van der Waals surface area contributed by atoms with Crippen molar-refractivity contribution >= 4 is 29.1 Å². The average Bonchev–Trinajstić information content (AvgIpc) is 3.03. The predicted molar refractivity (Wildman–Crippen MR) is 84.5 cm³/mol. The maximum absolute atomic E-state index is 10.8. The van der Waals surface area contributed by atoms with Gasteiger partial charge in [-0.05, 0) is 30.0 Å². The van der Waals surface area contributed by atoms with Crippen LogP contribution < -0.4 is 0 Å². The Morgan fingerprint density at radius 1 is 1.25 bits per heavy atom. The number of benzene rings is 1. The summed E-state index contributed by atoms with van der Waals surface area (Å²) in [5.41, 5.74) is -0.0483. The molecule has 0 fully saturated rings. The number of nitriles is 1. The molecular formula is C14H6ClN5O3S. The van der Waals surface area contributed by atoms with E-state index in [0.29, 0.717) is 15.6 Å². The summed E-state index contributed by atoms with van der Waals surface area (Å²) < 4.78 is 5.51. The minimum atomic E-state index is -0.664. The monoisotopic (exact) mass is 359 g/mol. The van der Waals surface area contributed by atoms with Gasteiger partial charge in [0.25, 0.3) is 5.22 Å². The SMILES string of the molecule is N#Cc1nc(Sc2nnc(-c3ccccc3Cl)o2)ccc1[N+](=O)[O-]. The van der Waals surface area contributed by atoms with E-state index < -0.39 is 4.92 Å². The fraction of sp³-hybridized carbons (Fsp3) is 0. The first-order valence-corrected chi connectivity index (χ1v) is 7.59. The number of hydrogen-bond donors (Lipinski definition) is 0. The molecule has 0 aliphatic heterocycles. The molecule has 0 bridgehead atoms. The first-order chi connectivity index (χ1) is 11.6. The Bertz CT molecular complexity index is 969. The van der Waals surface area contributed by atoms with Gasteiger partial charge in [0, 0.05) is 6.07 Å². The molecule has 2 heterocycles. The highest BCUT2D eigenvalue weighted by Crippen LogP contribution is 2.32. The van der Waals surface area contributed by atoms with Gasteiger partial charge < -0.3 is 4.42 Å². The van der Waals surface area contributed by atoms with Crippen LogP contribution in [-0.4, -0.2) is 20.1 Å². The van der Waals surface area contributed by atoms with Gasteiger partial charge >= 0.3 is 5.69 Å². The van der Waals surface area contributed by atoms with Crippen molar-refractivity contribution in [3.8, 4) is 17.5 Å². The third kappa shape index (κ3) is 3.19. The minimum Gasteiger partial charge on any atom is -0.411 e. The third-order valence-corrected chi connectivity index (χ3v) is 3.96. The van der Waals surface area contributed by atoms with Crippen molar-refractivity contribution in [2.24, 2.45) is 0 Å². The molecule has 0 aliphatic rings. The molecule has 0 unspecified atom stereocenters. The summed E-state index contributed by atoms with van der Waals surface area (Å²) in [5.74, 6) is 0.241. The van der Waals surface area contributed by atoms with Crippen LogP contribution in [-0.2, 0) is 0 Å². The molecule has 0 atom stereocenters. The zero-order valence-electron chi connectivity index (χ0n) is 11.7. The second kappa shape index (κ2) is 6.66. The Kier molecular flexibility index (Phi) is 4.41. The largest absolute Gasteiger partial charge is 0.411 e. The Hall–Kier alpha value is -2.96. The van der Waals surface area contributed by atoms with Crippen molar-refractivity contribution in [3.63, 3.8) is 0 Å². The molecule has 0 aliphatic carbocycles. The van der Waals surface area contributed by atoms with Gasteiger partial charge in [0.15, 0.2) is 0 Å². The molecule has 24 heavy (non-hydrogen) atoms. The maximum Gasteiger partial charge on any atom is 0.305 e. The Morgan fingerprint density at radius 2 is 2.04 bits per heavy atom. The van der Waals surface area contributed by atoms with Crippen molar-refractivity contribution in [2.45, 2.75) is 10.2 Å². The minimum absolute atomic E-state index is 0.176. The van der Waals surface area contributed by atoms with Crippen molar-refractivity contribution in [1.29, 1.82) is 5.26 Å². The van der Waals surface area contributed by atoms with Crippen LogP contribution in [0.4, 0.5) is 5.69 Å². The lowest BCUT2D eigenvalue weighted by molar-refractivity contribution is -0.385. The van der Waals surface area contributed by atoms with Gasteiger partial charge in [0.1, 0.15) is 11.1 Å². The molecule has 3 aromatic rings. The van der Waals surface area contributed by atoms with Crippen LogP contribution in [0.25, 0.3) is 11.5 Å². The van der Waals surface area contributed by atoms with E-state index in [-0.39, 0.29) is 22.5 Å².